The molecule has 0 amide bonds. The zero-order valence-electron chi connectivity index (χ0n) is 10.5. The van der Waals surface area contributed by atoms with Gasteiger partial charge >= 0.3 is 0 Å². The highest BCUT2D eigenvalue weighted by Crippen LogP contribution is 2.24. The molecule has 0 aliphatic rings. The van der Waals surface area contributed by atoms with Crippen LogP contribution in [0.3, 0.4) is 0 Å². The third-order valence-electron chi connectivity index (χ3n) is 2.23. The molecule has 3 nitrogen and oxygen atoms in total. The molecule has 0 fully saturated rings. The molecule has 1 rings (SSSR count). The summed E-state index contributed by atoms with van der Waals surface area (Å²) in [5, 5.41) is 8.89. The van der Waals surface area contributed by atoms with Crippen molar-refractivity contribution in [3.8, 4) is 0 Å². The Morgan fingerprint density at radius 3 is 2.69 bits per heavy atom. The van der Waals surface area contributed by atoms with Crippen molar-refractivity contribution in [2.24, 2.45) is 5.92 Å². The lowest BCUT2D eigenvalue weighted by Crippen LogP contribution is -2.09. The summed E-state index contributed by atoms with van der Waals surface area (Å²) in [5.41, 5.74) is 0.0221. The average Bonchev–Trinajstić information content (AvgIpc) is 2.65. The first-order valence-electron chi connectivity index (χ1n) is 5.57. The van der Waals surface area contributed by atoms with Crippen molar-refractivity contribution in [2.75, 3.05) is 12.4 Å². The Morgan fingerprint density at radius 1 is 1.50 bits per heavy atom. The van der Waals surface area contributed by atoms with Gasteiger partial charge in [-0.2, -0.15) is 11.8 Å². The third-order valence-corrected chi connectivity index (χ3v) is 3.49. The molecule has 4 heteroatoms. The topological polar surface area (TPSA) is 46.3 Å². The van der Waals surface area contributed by atoms with Crippen LogP contribution in [0.1, 0.15) is 39.3 Å². The lowest BCUT2D eigenvalue weighted by molar-refractivity contribution is 0.250. The van der Waals surface area contributed by atoms with Crippen LogP contribution in [0, 0.1) is 5.92 Å². The fraction of sp³-hybridized carbons (Fsp3) is 0.750. The van der Waals surface area contributed by atoms with Gasteiger partial charge in [-0.05, 0) is 11.7 Å². The van der Waals surface area contributed by atoms with Crippen molar-refractivity contribution in [3.05, 3.63) is 17.8 Å². The number of hydrogen-bond donors (Lipinski definition) is 1. The van der Waals surface area contributed by atoms with Gasteiger partial charge in [0.2, 0.25) is 5.89 Å². The highest BCUT2D eigenvalue weighted by Gasteiger charge is 2.19. The molecule has 1 aromatic heterocycles. The average molecular weight is 243 g/mol. The van der Waals surface area contributed by atoms with E-state index in [0.29, 0.717) is 5.92 Å². The Bertz CT molecular complexity index is 317. The Balaban J connectivity index is 2.41. The standard InChI is InChI=1S/C12H21NO2S/c1-9(6-14)7-16-8-11-13-5-10(15-11)12(2,3)4/h5,9,14H,6-8H2,1-4H3. The van der Waals surface area contributed by atoms with Gasteiger partial charge in [0.1, 0.15) is 5.76 Å². The Hall–Kier alpha value is -0.480. The van der Waals surface area contributed by atoms with E-state index in [1.54, 1.807) is 11.8 Å². The van der Waals surface area contributed by atoms with Crippen LogP contribution >= 0.6 is 11.8 Å². The second-order valence-electron chi connectivity index (χ2n) is 5.17. The highest BCUT2D eigenvalue weighted by molar-refractivity contribution is 7.98. The summed E-state index contributed by atoms with van der Waals surface area (Å²) in [7, 11) is 0. The summed E-state index contributed by atoms with van der Waals surface area (Å²) in [4.78, 5) is 4.26. The largest absolute Gasteiger partial charge is 0.444 e. The molecule has 1 unspecified atom stereocenters. The lowest BCUT2D eigenvalue weighted by Gasteiger charge is -2.13. The number of aromatic nitrogens is 1. The third kappa shape index (κ3) is 4.18. The van der Waals surface area contributed by atoms with Gasteiger partial charge in [-0.25, -0.2) is 4.98 Å². The van der Waals surface area contributed by atoms with Crippen LogP contribution in [0.5, 0.6) is 0 Å². The van der Waals surface area contributed by atoms with E-state index >= 15 is 0 Å². The van der Waals surface area contributed by atoms with Crippen LogP contribution in [0.4, 0.5) is 0 Å². The fourth-order valence-electron chi connectivity index (χ4n) is 1.12. The van der Waals surface area contributed by atoms with Gasteiger partial charge < -0.3 is 9.52 Å². The number of hydrogen-bond acceptors (Lipinski definition) is 4. The summed E-state index contributed by atoms with van der Waals surface area (Å²) in [6, 6.07) is 0. The van der Waals surface area contributed by atoms with E-state index < -0.39 is 0 Å². The van der Waals surface area contributed by atoms with Crippen LogP contribution in [-0.4, -0.2) is 22.5 Å². The van der Waals surface area contributed by atoms with Crippen molar-refractivity contribution in [3.63, 3.8) is 0 Å². The van der Waals surface area contributed by atoms with E-state index in [4.69, 9.17) is 9.52 Å². The first-order chi connectivity index (χ1) is 7.43. The Morgan fingerprint density at radius 2 is 2.19 bits per heavy atom. The normalized spacial score (nSPS) is 14.1. The smallest absolute Gasteiger partial charge is 0.204 e. The SMILES string of the molecule is CC(CO)CSCc1ncc(C(C)(C)C)o1. The van der Waals surface area contributed by atoms with Crippen LogP contribution in [-0.2, 0) is 11.2 Å². The van der Waals surface area contributed by atoms with Gasteiger partial charge in [-0.3, -0.25) is 0 Å². The van der Waals surface area contributed by atoms with Crippen molar-refractivity contribution in [1.29, 1.82) is 0 Å². The van der Waals surface area contributed by atoms with E-state index in [9.17, 15) is 0 Å². The first-order valence-corrected chi connectivity index (χ1v) is 6.72. The number of thioether (sulfide) groups is 1. The quantitative estimate of drug-likeness (QED) is 0.864. The second kappa shape index (κ2) is 5.73. The maximum absolute atomic E-state index is 8.89. The van der Waals surface area contributed by atoms with Crippen LogP contribution in [0.15, 0.2) is 10.6 Å². The van der Waals surface area contributed by atoms with Crippen LogP contribution in [0.2, 0.25) is 0 Å². The molecule has 0 bridgehead atoms. The fourth-order valence-corrected chi connectivity index (χ4v) is 2.06. The molecule has 0 radical (unpaired) electrons. The van der Waals surface area contributed by atoms with E-state index in [1.807, 2.05) is 13.1 Å². The van der Waals surface area contributed by atoms with E-state index in [2.05, 4.69) is 25.8 Å². The van der Waals surface area contributed by atoms with Crippen molar-refractivity contribution in [1.82, 2.24) is 4.98 Å². The van der Waals surface area contributed by atoms with Crippen molar-refractivity contribution < 1.29 is 9.52 Å². The molecule has 1 atom stereocenters. The summed E-state index contributed by atoms with van der Waals surface area (Å²) in [6.07, 6.45) is 1.81. The molecule has 92 valence electrons. The van der Waals surface area contributed by atoms with Crippen molar-refractivity contribution >= 4 is 11.8 Å². The number of oxazole rings is 1. The lowest BCUT2D eigenvalue weighted by atomic mass is 9.94. The summed E-state index contributed by atoms with van der Waals surface area (Å²) in [6.45, 7) is 8.60. The molecule has 1 heterocycles. The minimum absolute atomic E-state index is 0.0221. The predicted molar refractivity (Wildman–Crippen MR) is 67.6 cm³/mol. The zero-order chi connectivity index (χ0) is 12.2. The van der Waals surface area contributed by atoms with Gasteiger partial charge in [0.05, 0.1) is 11.9 Å². The highest BCUT2D eigenvalue weighted by atomic mass is 32.2. The number of nitrogens with zero attached hydrogens (tertiary/aromatic N) is 1. The van der Waals surface area contributed by atoms with Gasteiger partial charge in [0.15, 0.2) is 0 Å². The Kier molecular flexibility index (Phi) is 4.87. The molecular weight excluding hydrogens is 222 g/mol. The maximum Gasteiger partial charge on any atom is 0.204 e. The van der Waals surface area contributed by atoms with Crippen molar-refractivity contribution in [2.45, 2.75) is 38.9 Å². The van der Waals surface area contributed by atoms with Crippen LogP contribution in [0.25, 0.3) is 0 Å². The van der Waals surface area contributed by atoms with E-state index in [-0.39, 0.29) is 12.0 Å². The first kappa shape index (κ1) is 13.6. The minimum atomic E-state index is 0.0221. The van der Waals surface area contributed by atoms with Gasteiger partial charge in [-0.1, -0.05) is 27.7 Å². The summed E-state index contributed by atoms with van der Waals surface area (Å²) in [5.74, 6) is 3.75. The molecule has 1 N–H and O–H groups in total. The monoisotopic (exact) mass is 243 g/mol. The maximum atomic E-state index is 8.89. The molecule has 0 aromatic carbocycles. The van der Waals surface area contributed by atoms with Gasteiger partial charge in [0.25, 0.3) is 0 Å². The van der Waals surface area contributed by atoms with E-state index in [0.717, 1.165) is 23.2 Å². The molecular formula is C12H21NO2S. The number of aliphatic hydroxyl groups is 1. The molecule has 1 aromatic rings. The second-order valence-corrected chi connectivity index (χ2v) is 6.20. The Labute approximate surface area is 102 Å². The van der Waals surface area contributed by atoms with Gasteiger partial charge in [-0.15, -0.1) is 0 Å². The molecule has 0 aliphatic carbocycles. The zero-order valence-corrected chi connectivity index (χ0v) is 11.3. The summed E-state index contributed by atoms with van der Waals surface area (Å²) < 4.78 is 5.67. The molecule has 0 spiro atoms. The minimum Gasteiger partial charge on any atom is -0.444 e. The molecule has 0 saturated heterocycles. The van der Waals surface area contributed by atoms with Crippen LogP contribution < -0.4 is 0 Å². The van der Waals surface area contributed by atoms with Gasteiger partial charge in [0, 0.05) is 12.0 Å². The molecule has 0 saturated carbocycles. The molecule has 16 heavy (non-hydrogen) atoms. The molecule has 0 aliphatic heterocycles. The van der Waals surface area contributed by atoms with E-state index in [1.165, 1.54) is 0 Å². The number of rotatable bonds is 5. The summed E-state index contributed by atoms with van der Waals surface area (Å²) >= 11 is 1.75. The number of aliphatic hydroxyl groups excluding tert-OH is 1. The predicted octanol–water partition coefficient (Wildman–Crippen LogP) is 2.83.